The van der Waals surface area contributed by atoms with Gasteiger partial charge >= 0.3 is 0 Å². The summed E-state index contributed by atoms with van der Waals surface area (Å²) in [6.07, 6.45) is 1.35. The van der Waals surface area contributed by atoms with Crippen LogP contribution in [0.3, 0.4) is 0 Å². The quantitative estimate of drug-likeness (QED) is 0.463. The van der Waals surface area contributed by atoms with Gasteiger partial charge in [-0.1, -0.05) is 48.5 Å². The zero-order chi connectivity index (χ0) is 16.8. The number of aldehydes is 1. The Bertz CT molecular complexity index is 784. The highest BCUT2D eigenvalue weighted by atomic mass is 32.1. The molecule has 0 aliphatic rings. The SMILES string of the molecule is COC(Cc1cccs1)(Oc1ccccc1)c1ccccc1C=O. The summed E-state index contributed by atoms with van der Waals surface area (Å²) in [6, 6.07) is 20.9. The van der Waals surface area contributed by atoms with E-state index in [1.54, 1.807) is 24.5 Å². The Balaban J connectivity index is 2.09. The molecule has 0 radical (unpaired) electrons. The molecule has 0 saturated heterocycles. The molecule has 0 aliphatic carbocycles. The van der Waals surface area contributed by atoms with E-state index in [2.05, 4.69) is 0 Å². The monoisotopic (exact) mass is 338 g/mol. The molecule has 3 aromatic rings. The van der Waals surface area contributed by atoms with Crippen molar-refractivity contribution in [3.63, 3.8) is 0 Å². The Kier molecular flexibility index (Phi) is 5.08. The van der Waals surface area contributed by atoms with Crippen LogP contribution in [0.5, 0.6) is 5.75 Å². The smallest absolute Gasteiger partial charge is 0.242 e. The first-order valence-electron chi connectivity index (χ1n) is 7.64. The lowest BCUT2D eigenvalue weighted by atomic mass is 9.96. The van der Waals surface area contributed by atoms with E-state index in [1.807, 2.05) is 66.0 Å². The number of hydrogen-bond donors (Lipinski definition) is 0. The van der Waals surface area contributed by atoms with Crippen LogP contribution in [0.1, 0.15) is 20.8 Å². The first-order chi connectivity index (χ1) is 11.8. The minimum Gasteiger partial charge on any atom is -0.458 e. The van der Waals surface area contributed by atoms with Crippen LogP contribution in [0.4, 0.5) is 0 Å². The Morgan fingerprint density at radius 3 is 2.42 bits per heavy atom. The molecular weight excluding hydrogens is 320 g/mol. The molecule has 0 saturated carbocycles. The van der Waals surface area contributed by atoms with Gasteiger partial charge in [-0.05, 0) is 23.6 Å². The molecule has 3 rings (SSSR count). The second kappa shape index (κ2) is 7.43. The molecular formula is C20H18O3S. The molecule has 1 heterocycles. The van der Waals surface area contributed by atoms with Crippen molar-refractivity contribution >= 4 is 17.6 Å². The third-order valence-corrected chi connectivity index (χ3v) is 4.72. The number of carbonyl (C=O) groups excluding carboxylic acids is 1. The Labute approximate surface area is 145 Å². The largest absolute Gasteiger partial charge is 0.458 e. The third kappa shape index (κ3) is 3.40. The highest BCUT2D eigenvalue weighted by molar-refractivity contribution is 7.09. The Morgan fingerprint density at radius 1 is 1.00 bits per heavy atom. The number of ether oxygens (including phenoxy) is 2. The van der Waals surface area contributed by atoms with Crippen LogP contribution in [0.2, 0.25) is 0 Å². The van der Waals surface area contributed by atoms with Crippen LogP contribution in [0.25, 0.3) is 0 Å². The first-order valence-corrected chi connectivity index (χ1v) is 8.51. The summed E-state index contributed by atoms with van der Waals surface area (Å²) < 4.78 is 12.1. The van der Waals surface area contributed by atoms with Gasteiger partial charge < -0.3 is 9.47 Å². The lowest BCUT2D eigenvalue weighted by molar-refractivity contribution is -0.171. The fourth-order valence-electron chi connectivity index (χ4n) is 2.68. The van der Waals surface area contributed by atoms with E-state index < -0.39 is 5.79 Å². The zero-order valence-corrected chi connectivity index (χ0v) is 14.2. The van der Waals surface area contributed by atoms with E-state index >= 15 is 0 Å². The predicted octanol–water partition coefficient (Wildman–Crippen LogP) is 4.68. The number of benzene rings is 2. The average molecular weight is 338 g/mol. The molecule has 3 nitrogen and oxygen atoms in total. The van der Waals surface area contributed by atoms with Gasteiger partial charge in [0.25, 0.3) is 0 Å². The van der Waals surface area contributed by atoms with E-state index in [9.17, 15) is 4.79 Å². The van der Waals surface area contributed by atoms with Crippen molar-refractivity contribution < 1.29 is 14.3 Å². The lowest BCUT2D eigenvalue weighted by Crippen LogP contribution is -2.38. The number of para-hydroxylation sites is 1. The van der Waals surface area contributed by atoms with Gasteiger partial charge in [0.15, 0.2) is 6.29 Å². The number of methoxy groups -OCH3 is 1. The minimum absolute atomic E-state index is 0.515. The third-order valence-electron chi connectivity index (χ3n) is 3.84. The first kappa shape index (κ1) is 16.4. The maximum Gasteiger partial charge on any atom is 0.242 e. The summed E-state index contributed by atoms with van der Waals surface area (Å²) in [5.74, 6) is -0.374. The second-order valence-corrected chi connectivity index (χ2v) is 6.37. The van der Waals surface area contributed by atoms with Gasteiger partial charge in [0.1, 0.15) is 5.75 Å². The number of hydrogen-bond acceptors (Lipinski definition) is 4. The van der Waals surface area contributed by atoms with Crippen LogP contribution in [0.15, 0.2) is 72.1 Å². The number of carbonyl (C=O) groups is 1. The molecule has 0 spiro atoms. The van der Waals surface area contributed by atoms with Gasteiger partial charge in [-0.3, -0.25) is 4.79 Å². The van der Waals surface area contributed by atoms with Crippen LogP contribution in [-0.4, -0.2) is 13.4 Å². The fraction of sp³-hybridized carbons (Fsp3) is 0.150. The van der Waals surface area contributed by atoms with Crippen LogP contribution < -0.4 is 4.74 Å². The zero-order valence-electron chi connectivity index (χ0n) is 13.3. The van der Waals surface area contributed by atoms with Crippen LogP contribution in [0, 0.1) is 0 Å². The maximum atomic E-state index is 11.5. The molecule has 4 heteroatoms. The summed E-state index contributed by atoms with van der Waals surface area (Å²) in [6.45, 7) is 0. The van der Waals surface area contributed by atoms with E-state index in [-0.39, 0.29) is 0 Å². The molecule has 0 fully saturated rings. The molecule has 0 bridgehead atoms. The van der Waals surface area contributed by atoms with Crippen molar-refractivity contribution in [2.45, 2.75) is 12.2 Å². The molecule has 0 N–H and O–H groups in total. The van der Waals surface area contributed by atoms with Crippen molar-refractivity contribution in [3.05, 3.63) is 88.1 Å². The molecule has 24 heavy (non-hydrogen) atoms. The second-order valence-electron chi connectivity index (χ2n) is 5.33. The molecule has 1 unspecified atom stereocenters. The lowest BCUT2D eigenvalue weighted by Gasteiger charge is -2.34. The molecule has 0 amide bonds. The summed E-state index contributed by atoms with van der Waals surface area (Å²) in [4.78, 5) is 12.7. The van der Waals surface area contributed by atoms with Gasteiger partial charge in [-0.2, -0.15) is 0 Å². The van der Waals surface area contributed by atoms with Crippen molar-refractivity contribution in [2.24, 2.45) is 0 Å². The van der Waals surface area contributed by atoms with E-state index in [4.69, 9.17) is 9.47 Å². The highest BCUT2D eigenvalue weighted by Gasteiger charge is 2.37. The standard InChI is InChI=1S/C20H18O3S/c1-22-20(14-18-11-7-13-24-18,23-17-9-3-2-4-10-17)19-12-6-5-8-16(19)15-21/h2-13,15H,14H2,1H3. The molecule has 2 aromatic carbocycles. The number of thiophene rings is 1. The van der Waals surface area contributed by atoms with Gasteiger partial charge in [0.2, 0.25) is 5.79 Å². The maximum absolute atomic E-state index is 11.5. The molecule has 1 atom stereocenters. The van der Waals surface area contributed by atoms with Gasteiger partial charge in [-0.25, -0.2) is 0 Å². The van der Waals surface area contributed by atoms with Gasteiger partial charge in [0, 0.05) is 23.1 Å². The topological polar surface area (TPSA) is 35.5 Å². The fourth-order valence-corrected chi connectivity index (χ4v) is 3.44. The predicted molar refractivity (Wildman–Crippen MR) is 95.6 cm³/mol. The highest BCUT2D eigenvalue weighted by Crippen LogP contribution is 2.35. The summed E-state index contributed by atoms with van der Waals surface area (Å²) >= 11 is 1.64. The average Bonchev–Trinajstić information content (AvgIpc) is 3.15. The van der Waals surface area contributed by atoms with Crippen LogP contribution >= 0.6 is 11.3 Å². The summed E-state index contributed by atoms with van der Waals surface area (Å²) in [7, 11) is 1.61. The Hall–Kier alpha value is -2.43. The van der Waals surface area contributed by atoms with E-state index in [0.29, 0.717) is 17.7 Å². The van der Waals surface area contributed by atoms with Crippen molar-refractivity contribution in [2.75, 3.05) is 7.11 Å². The van der Waals surface area contributed by atoms with E-state index in [0.717, 1.165) is 16.7 Å². The normalized spacial score (nSPS) is 13.2. The van der Waals surface area contributed by atoms with Crippen molar-refractivity contribution in [1.82, 2.24) is 0 Å². The van der Waals surface area contributed by atoms with Crippen molar-refractivity contribution in [3.8, 4) is 5.75 Å². The van der Waals surface area contributed by atoms with Crippen LogP contribution in [-0.2, 0) is 16.9 Å². The van der Waals surface area contributed by atoms with Gasteiger partial charge in [-0.15, -0.1) is 11.3 Å². The molecule has 122 valence electrons. The molecule has 0 aliphatic heterocycles. The number of rotatable bonds is 7. The Morgan fingerprint density at radius 2 is 1.75 bits per heavy atom. The summed E-state index contributed by atoms with van der Waals surface area (Å²) in [5.41, 5.74) is 1.28. The van der Waals surface area contributed by atoms with Crippen molar-refractivity contribution in [1.29, 1.82) is 0 Å². The minimum atomic E-state index is -1.07. The molecule has 1 aromatic heterocycles. The van der Waals surface area contributed by atoms with E-state index in [1.165, 1.54) is 0 Å². The van der Waals surface area contributed by atoms with Gasteiger partial charge in [0.05, 0.1) is 6.42 Å². The summed E-state index contributed by atoms with van der Waals surface area (Å²) in [5, 5.41) is 2.02.